The Morgan fingerprint density at radius 3 is 2.47 bits per heavy atom. The van der Waals surface area contributed by atoms with Crippen LogP contribution in [-0.4, -0.2) is 28.0 Å². The number of rotatable bonds is 8. The first-order chi connectivity index (χ1) is 14.4. The number of amides is 1. The highest BCUT2D eigenvalue weighted by Gasteiger charge is 2.23. The first-order valence-corrected chi connectivity index (χ1v) is 11.3. The van der Waals surface area contributed by atoms with E-state index in [1.54, 1.807) is 30.3 Å². The zero-order chi connectivity index (χ0) is 21.6. The lowest BCUT2D eigenvalue weighted by atomic mass is 9.93. The van der Waals surface area contributed by atoms with Crippen LogP contribution in [0, 0.1) is 5.92 Å². The van der Waals surface area contributed by atoms with E-state index < -0.39 is 10.0 Å². The maximum atomic E-state index is 13.0. The number of methoxy groups -OCH3 is 1. The minimum Gasteiger partial charge on any atom is -0.495 e. The van der Waals surface area contributed by atoms with Crippen LogP contribution >= 0.6 is 0 Å². The summed E-state index contributed by atoms with van der Waals surface area (Å²) in [6.45, 7) is 2.40. The van der Waals surface area contributed by atoms with Gasteiger partial charge in [-0.05, 0) is 68.7 Å². The molecule has 1 aliphatic rings. The van der Waals surface area contributed by atoms with E-state index in [0.29, 0.717) is 30.2 Å². The third-order valence-electron chi connectivity index (χ3n) is 4.78. The summed E-state index contributed by atoms with van der Waals surface area (Å²) < 4.78 is 39.1. The molecule has 0 saturated heterocycles. The first kappa shape index (κ1) is 21.7. The molecule has 1 aliphatic carbocycles. The van der Waals surface area contributed by atoms with Crippen molar-refractivity contribution in [1.29, 1.82) is 0 Å². The van der Waals surface area contributed by atoms with Crippen molar-refractivity contribution >= 4 is 27.3 Å². The summed E-state index contributed by atoms with van der Waals surface area (Å²) in [6.07, 6.45) is 6.40. The van der Waals surface area contributed by atoms with Gasteiger partial charge in [0, 0.05) is 17.3 Å². The molecule has 1 unspecified atom stereocenters. The van der Waals surface area contributed by atoms with E-state index in [1.807, 2.05) is 13.0 Å². The number of anilines is 2. The fourth-order valence-corrected chi connectivity index (χ4v) is 4.49. The van der Waals surface area contributed by atoms with Crippen LogP contribution in [0.5, 0.6) is 11.5 Å². The van der Waals surface area contributed by atoms with Gasteiger partial charge in [-0.2, -0.15) is 0 Å². The Labute approximate surface area is 177 Å². The van der Waals surface area contributed by atoms with E-state index >= 15 is 0 Å². The van der Waals surface area contributed by atoms with Crippen molar-refractivity contribution in [3.63, 3.8) is 0 Å². The lowest BCUT2D eigenvalue weighted by Gasteiger charge is -2.18. The molecule has 160 valence electrons. The number of hydrogen-bond acceptors (Lipinski definition) is 5. The van der Waals surface area contributed by atoms with Crippen molar-refractivity contribution in [2.24, 2.45) is 5.92 Å². The normalized spacial score (nSPS) is 16.0. The third kappa shape index (κ3) is 5.33. The molecule has 0 aromatic heterocycles. The summed E-state index contributed by atoms with van der Waals surface area (Å²) in [5.74, 6) is 0.610. The fourth-order valence-electron chi connectivity index (χ4n) is 3.24. The number of carbonyl (C=O) groups is 1. The lowest BCUT2D eigenvalue weighted by molar-refractivity contribution is -0.120. The fraction of sp³-hybridized carbons (Fsp3) is 0.318. The van der Waals surface area contributed by atoms with Crippen LogP contribution in [0.3, 0.4) is 0 Å². The van der Waals surface area contributed by atoms with Gasteiger partial charge in [-0.1, -0.05) is 12.2 Å². The van der Waals surface area contributed by atoms with Gasteiger partial charge in [-0.15, -0.1) is 0 Å². The van der Waals surface area contributed by atoms with Crippen LogP contribution in [0.15, 0.2) is 59.5 Å². The molecule has 2 aromatic carbocycles. The van der Waals surface area contributed by atoms with Crippen LogP contribution in [0.2, 0.25) is 0 Å². The SMILES string of the molecule is CCOc1ccc(NS(=O)(=O)c2cc(NC(=O)C3CC=CCC3)ccc2OC)cc1. The minimum absolute atomic E-state index is 0.0553. The highest BCUT2D eigenvalue weighted by Crippen LogP contribution is 2.30. The molecular formula is C22H26N2O5S. The highest BCUT2D eigenvalue weighted by molar-refractivity contribution is 7.92. The smallest absolute Gasteiger partial charge is 0.265 e. The highest BCUT2D eigenvalue weighted by atomic mass is 32.2. The molecule has 0 aliphatic heterocycles. The predicted octanol–water partition coefficient (Wildman–Crippen LogP) is 4.19. The van der Waals surface area contributed by atoms with Gasteiger partial charge in [0.25, 0.3) is 10.0 Å². The molecule has 0 bridgehead atoms. The van der Waals surface area contributed by atoms with Crippen molar-refractivity contribution in [2.45, 2.75) is 31.1 Å². The minimum atomic E-state index is -3.94. The van der Waals surface area contributed by atoms with Crippen LogP contribution in [0.25, 0.3) is 0 Å². The van der Waals surface area contributed by atoms with Gasteiger partial charge in [0.1, 0.15) is 16.4 Å². The van der Waals surface area contributed by atoms with Crippen LogP contribution in [0.1, 0.15) is 26.2 Å². The molecule has 3 rings (SSSR count). The molecule has 2 N–H and O–H groups in total. The lowest BCUT2D eigenvalue weighted by Crippen LogP contribution is -2.23. The molecule has 0 spiro atoms. The van der Waals surface area contributed by atoms with E-state index in [2.05, 4.69) is 16.1 Å². The molecule has 8 heteroatoms. The van der Waals surface area contributed by atoms with E-state index in [9.17, 15) is 13.2 Å². The molecule has 0 heterocycles. The zero-order valence-corrected chi connectivity index (χ0v) is 17.9. The topological polar surface area (TPSA) is 93.7 Å². The summed E-state index contributed by atoms with van der Waals surface area (Å²) in [7, 11) is -2.54. The van der Waals surface area contributed by atoms with Gasteiger partial charge in [0.05, 0.1) is 13.7 Å². The van der Waals surface area contributed by atoms with Crippen molar-refractivity contribution in [1.82, 2.24) is 0 Å². The second-order valence-electron chi connectivity index (χ2n) is 6.90. The largest absolute Gasteiger partial charge is 0.495 e. The van der Waals surface area contributed by atoms with Crippen molar-refractivity contribution < 1.29 is 22.7 Å². The molecule has 0 fully saturated rings. The predicted molar refractivity (Wildman–Crippen MR) is 117 cm³/mol. The van der Waals surface area contributed by atoms with Gasteiger partial charge in [-0.3, -0.25) is 9.52 Å². The zero-order valence-electron chi connectivity index (χ0n) is 17.1. The van der Waals surface area contributed by atoms with Gasteiger partial charge < -0.3 is 14.8 Å². The van der Waals surface area contributed by atoms with E-state index in [0.717, 1.165) is 12.8 Å². The number of hydrogen-bond donors (Lipinski definition) is 2. The summed E-state index contributed by atoms with van der Waals surface area (Å²) >= 11 is 0. The molecular weight excluding hydrogens is 404 g/mol. The average Bonchev–Trinajstić information content (AvgIpc) is 2.75. The quantitative estimate of drug-likeness (QED) is 0.613. The van der Waals surface area contributed by atoms with E-state index in [-0.39, 0.29) is 22.5 Å². The summed E-state index contributed by atoms with van der Waals surface area (Å²) in [5, 5.41) is 2.82. The van der Waals surface area contributed by atoms with E-state index in [4.69, 9.17) is 9.47 Å². The number of sulfonamides is 1. The van der Waals surface area contributed by atoms with Crippen LogP contribution < -0.4 is 19.5 Å². The number of ether oxygens (including phenoxy) is 2. The molecule has 7 nitrogen and oxygen atoms in total. The number of benzene rings is 2. The Kier molecular flexibility index (Phi) is 6.99. The van der Waals surface area contributed by atoms with Crippen LogP contribution in [-0.2, 0) is 14.8 Å². The number of carbonyl (C=O) groups excluding carboxylic acids is 1. The summed E-state index contributed by atoms with van der Waals surface area (Å²) in [4.78, 5) is 12.5. The molecule has 1 amide bonds. The average molecular weight is 431 g/mol. The molecule has 1 atom stereocenters. The number of allylic oxidation sites excluding steroid dienone is 2. The molecule has 2 aromatic rings. The first-order valence-electron chi connectivity index (χ1n) is 9.82. The summed E-state index contributed by atoms with van der Waals surface area (Å²) in [6, 6.07) is 11.2. The maximum Gasteiger partial charge on any atom is 0.265 e. The van der Waals surface area contributed by atoms with Crippen molar-refractivity contribution in [2.75, 3.05) is 23.8 Å². The van der Waals surface area contributed by atoms with Crippen molar-refractivity contribution in [3.05, 3.63) is 54.6 Å². The number of nitrogens with one attached hydrogen (secondary N) is 2. The molecule has 0 saturated carbocycles. The van der Waals surface area contributed by atoms with Gasteiger partial charge in [-0.25, -0.2) is 8.42 Å². The third-order valence-corrected chi connectivity index (χ3v) is 6.18. The second-order valence-corrected chi connectivity index (χ2v) is 8.55. The Hall–Kier alpha value is -3.00. The van der Waals surface area contributed by atoms with Gasteiger partial charge in [0.2, 0.25) is 5.91 Å². The Morgan fingerprint density at radius 1 is 1.10 bits per heavy atom. The second kappa shape index (κ2) is 9.67. The van der Waals surface area contributed by atoms with Crippen molar-refractivity contribution in [3.8, 4) is 11.5 Å². The van der Waals surface area contributed by atoms with Gasteiger partial charge >= 0.3 is 0 Å². The Morgan fingerprint density at radius 2 is 1.83 bits per heavy atom. The maximum absolute atomic E-state index is 13.0. The molecule has 30 heavy (non-hydrogen) atoms. The van der Waals surface area contributed by atoms with Gasteiger partial charge in [0.15, 0.2) is 0 Å². The standard InChI is InChI=1S/C22H26N2O5S/c1-3-29-19-12-9-17(10-13-19)24-30(26,27)21-15-18(11-14-20(21)28-2)23-22(25)16-7-5-4-6-8-16/h4-5,9-16,24H,3,6-8H2,1-2H3,(H,23,25). The Bertz CT molecular complexity index is 1020. The van der Waals surface area contributed by atoms with Crippen LogP contribution in [0.4, 0.5) is 11.4 Å². The Balaban J connectivity index is 1.81. The van der Waals surface area contributed by atoms with E-state index in [1.165, 1.54) is 19.2 Å². The monoisotopic (exact) mass is 430 g/mol. The summed E-state index contributed by atoms with van der Waals surface area (Å²) in [5.41, 5.74) is 0.798. The molecule has 0 radical (unpaired) electrons.